The average Bonchev–Trinajstić information content (AvgIpc) is 3.14. The first-order valence-corrected chi connectivity index (χ1v) is 11.9. The van der Waals surface area contributed by atoms with Crippen molar-refractivity contribution in [1.29, 1.82) is 0 Å². The third kappa shape index (κ3) is 4.74. The van der Waals surface area contributed by atoms with Crippen molar-refractivity contribution in [3.05, 3.63) is 76.9 Å². The van der Waals surface area contributed by atoms with Crippen molar-refractivity contribution < 1.29 is 42.6 Å². The van der Waals surface area contributed by atoms with Crippen molar-refractivity contribution >= 4 is 24.8 Å². The Morgan fingerprint density at radius 1 is 0.657 bits per heavy atom. The molecular weight excluding hydrogens is 475 g/mol. The van der Waals surface area contributed by atoms with Crippen LogP contribution in [-0.4, -0.2) is 44.0 Å². The van der Waals surface area contributed by atoms with E-state index in [1.165, 1.54) is 40.6 Å². The number of ketones is 1. The average molecular weight is 498 g/mol. The Bertz CT molecular complexity index is 1350. The molecule has 0 aromatic heterocycles. The quantitative estimate of drug-likeness (QED) is 0.437. The number of carbonyl (C=O) groups is 1. The van der Waals surface area contributed by atoms with Gasteiger partial charge in [0.15, 0.2) is 5.78 Å². The molecule has 3 aromatic carbocycles. The topological polar surface area (TPSA) is 121 Å². The zero-order valence-corrected chi connectivity index (χ0v) is 20.3. The Kier molecular flexibility index (Phi) is 6.58. The van der Waals surface area contributed by atoms with Crippen LogP contribution < -0.4 is 23.5 Å². The number of rotatable bonds is 8. The summed E-state index contributed by atoms with van der Waals surface area (Å²) in [6, 6.07) is 14.6. The molecule has 1 aliphatic rings. The molecule has 0 atom stereocenters. The summed E-state index contributed by atoms with van der Waals surface area (Å²) in [5.41, 5.74) is 3.08. The molecule has 1 aliphatic carbocycles. The van der Waals surface area contributed by atoms with Crippen LogP contribution in [0, 0.1) is 0 Å². The van der Waals surface area contributed by atoms with E-state index in [-0.39, 0.29) is 11.5 Å². The molecule has 0 saturated carbocycles. The molecule has 0 bridgehead atoms. The summed E-state index contributed by atoms with van der Waals surface area (Å²) < 4.78 is 37.7. The summed E-state index contributed by atoms with van der Waals surface area (Å²) >= 11 is 0. The second kappa shape index (κ2) is 9.46. The molecule has 4 rings (SSSR count). The number of Topliss-reactive ketones (excluding diaryl/α,β-unsaturated/α-hetero) is 1. The lowest BCUT2D eigenvalue weighted by molar-refractivity contribution is 0.105. The van der Waals surface area contributed by atoms with Crippen molar-refractivity contribution in [2.24, 2.45) is 0 Å². The van der Waals surface area contributed by atoms with E-state index in [4.69, 9.17) is 28.7 Å². The number of fused-ring (bicyclic) bond motifs is 1. The highest BCUT2D eigenvalue weighted by Crippen LogP contribution is 2.49. The zero-order valence-electron chi connectivity index (χ0n) is 19.4. The predicted octanol–water partition coefficient (Wildman–Crippen LogP) is 4.35. The van der Waals surface area contributed by atoms with Crippen molar-refractivity contribution in [3.63, 3.8) is 0 Å². The molecule has 0 heterocycles. The largest absolute Gasteiger partial charge is 0.524 e. The highest BCUT2D eigenvalue weighted by atomic mass is 31.2. The van der Waals surface area contributed by atoms with Gasteiger partial charge < -0.3 is 23.5 Å². The second-order valence-electron chi connectivity index (χ2n) is 7.54. The number of methoxy groups -OCH3 is 4. The molecule has 0 radical (unpaired) electrons. The highest BCUT2D eigenvalue weighted by molar-refractivity contribution is 7.46. The van der Waals surface area contributed by atoms with E-state index in [2.05, 4.69) is 4.52 Å². The molecule has 0 saturated heterocycles. The molecule has 0 spiro atoms. The van der Waals surface area contributed by atoms with Crippen LogP contribution in [-0.2, 0) is 4.57 Å². The fourth-order valence-electron chi connectivity index (χ4n) is 4.01. The third-order valence-corrected chi connectivity index (χ3v) is 5.96. The number of phosphoric acid groups is 1. The molecule has 0 fully saturated rings. The Labute approximate surface area is 201 Å². The molecule has 35 heavy (non-hydrogen) atoms. The SMILES string of the molecule is COc1cc(OC)cc(C2=C(c3ccc(OP(=O)(O)O)cc3)c3c(OC)cc(OC)cc3C2=O)c1. The van der Waals surface area contributed by atoms with Gasteiger partial charge in [0, 0.05) is 34.4 Å². The summed E-state index contributed by atoms with van der Waals surface area (Å²) in [5, 5.41) is 0. The number of benzene rings is 3. The molecule has 0 aliphatic heterocycles. The van der Waals surface area contributed by atoms with Crippen LogP contribution in [0.1, 0.15) is 27.0 Å². The molecule has 0 amide bonds. The minimum absolute atomic E-state index is 0.0153. The van der Waals surface area contributed by atoms with E-state index < -0.39 is 7.82 Å². The van der Waals surface area contributed by atoms with E-state index in [9.17, 15) is 9.36 Å². The normalized spacial score (nSPS) is 12.9. The smallest absolute Gasteiger partial charge is 0.497 e. The zero-order chi connectivity index (χ0) is 25.3. The van der Waals surface area contributed by atoms with Gasteiger partial charge in [0.2, 0.25) is 0 Å². The monoisotopic (exact) mass is 498 g/mol. The Morgan fingerprint density at radius 3 is 1.74 bits per heavy atom. The maximum Gasteiger partial charge on any atom is 0.524 e. The maximum atomic E-state index is 13.8. The lowest BCUT2D eigenvalue weighted by Gasteiger charge is -2.15. The van der Waals surface area contributed by atoms with Gasteiger partial charge in [-0.3, -0.25) is 14.6 Å². The van der Waals surface area contributed by atoms with Crippen LogP contribution in [0.25, 0.3) is 11.1 Å². The van der Waals surface area contributed by atoms with Gasteiger partial charge in [-0.1, -0.05) is 12.1 Å². The van der Waals surface area contributed by atoms with E-state index in [0.29, 0.717) is 56.4 Å². The third-order valence-electron chi connectivity index (χ3n) is 5.51. The summed E-state index contributed by atoms with van der Waals surface area (Å²) in [6.45, 7) is 0. The first-order valence-electron chi connectivity index (χ1n) is 10.3. The van der Waals surface area contributed by atoms with Crippen LogP contribution in [0.2, 0.25) is 0 Å². The lowest BCUT2D eigenvalue weighted by Crippen LogP contribution is -2.01. The van der Waals surface area contributed by atoms with Crippen molar-refractivity contribution in [2.75, 3.05) is 28.4 Å². The van der Waals surface area contributed by atoms with Crippen molar-refractivity contribution in [3.8, 4) is 28.7 Å². The van der Waals surface area contributed by atoms with Crippen molar-refractivity contribution in [2.45, 2.75) is 0 Å². The molecule has 10 heteroatoms. The Hall–Kier alpha value is -3.78. The van der Waals surface area contributed by atoms with Crippen LogP contribution >= 0.6 is 7.82 Å². The Balaban J connectivity index is 2.00. The van der Waals surface area contributed by atoms with Gasteiger partial charge in [-0.15, -0.1) is 0 Å². The number of hydrogen-bond donors (Lipinski definition) is 2. The van der Waals surface area contributed by atoms with Gasteiger partial charge in [-0.2, -0.15) is 0 Å². The molecule has 3 aromatic rings. The lowest BCUT2D eigenvalue weighted by atomic mass is 9.93. The highest BCUT2D eigenvalue weighted by Gasteiger charge is 2.35. The molecular formula is C25H23O9P. The van der Waals surface area contributed by atoms with Crippen molar-refractivity contribution in [1.82, 2.24) is 0 Å². The maximum absolute atomic E-state index is 13.8. The summed E-state index contributed by atoms with van der Waals surface area (Å²) in [5.74, 6) is 1.64. The molecule has 182 valence electrons. The second-order valence-corrected chi connectivity index (χ2v) is 8.70. The van der Waals surface area contributed by atoms with Crippen LogP contribution in [0.3, 0.4) is 0 Å². The number of allylic oxidation sites excluding steroid dienone is 1. The van der Waals surface area contributed by atoms with Gasteiger partial charge in [0.1, 0.15) is 28.7 Å². The first kappa shape index (κ1) is 24.3. The standard InChI is InChI=1S/C25H23O9P/c1-30-17-9-15(10-18(11-17)31-2)23-22(14-5-7-16(8-6-14)34-35(27,28)29)24-20(25(23)26)12-19(32-3)13-21(24)33-4/h5-13H,1-4H3,(H2,27,28,29). The summed E-state index contributed by atoms with van der Waals surface area (Å²) in [4.78, 5) is 32.0. The van der Waals surface area contributed by atoms with Gasteiger partial charge in [-0.05, 0) is 41.5 Å². The summed E-state index contributed by atoms with van der Waals surface area (Å²) in [6.07, 6.45) is 0. The first-order chi connectivity index (χ1) is 16.7. The molecule has 9 nitrogen and oxygen atoms in total. The van der Waals surface area contributed by atoms with Crippen LogP contribution in [0.5, 0.6) is 28.7 Å². The van der Waals surface area contributed by atoms with Crippen LogP contribution in [0.4, 0.5) is 0 Å². The van der Waals surface area contributed by atoms with Crippen LogP contribution in [0.15, 0.2) is 54.6 Å². The minimum atomic E-state index is -4.72. The number of ether oxygens (including phenoxy) is 4. The summed E-state index contributed by atoms with van der Waals surface area (Å²) in [7, 11) is 1.33. The van der Waals surface area contributed by atoms with E-state index >= 15 is 0 Å². The Morgan fingerprint density at radius 2 is 1.23 bits per heavy atom. The van der Waals surface area contributed by atoms with Gasteiger partial charge in [-0.25, -0.2) is 4.57 Å². The molecule has 2 N–H and O–H groups in total. The predicted molar refractivity (Wildman–Crippen MR) is 128 cm³/mol. The van der Waals surface area contributed by atoms with Gasteiger partial charge >= 0.3 is 7.82 Å². The minimum Gasteiger partial charge on any atom is -0.497 e. The fraction of sp³-hybridized carbons (Fsp3) is 0.160. The number of phosphoric ester groups is 1. The van der Waals surface area contributed by atoms with Gasteiger partial charge in [0.05, 0.1) is 28.4 Å². The fourth-order valence-corrected chi connectivity index (χ4v) is 4.41. The number of carbonyl (C=O) groups excluding carboxylic acids is 1. The van der Waals surface area contributed by atoms with E-state index in [0.717, 1.165) is 0 Å². The van der Waals surface area contributed by atoms with Gasteiger partial charge in [0.25, 0.3) is 0 Å². The molecule has 0 unspecified atom stereocenters. The van der Waals surface area contributed by atoms with E-state index in [1.807, 2.05) is 0 Å². The van der Waals surface area contributed by atoms with E-state index in [1.54, 1.807) is 42.5 Å². The number of hydrogen-bond acceptors (Lipinski definition) is 7.